The van der Waals surface area contributed by atoms with Crippen molar-refractivity contribution in [1.29, 1.82) is 0 Å². The second-order valence-corrected chi connectivity index (χ2v) is 8.12. The summed E-state index contributed by atoms with van der Waals surface area (Å²) in [7, 11) is 1.61. The number of benzene rings is 1. The topological polar surface area (TPSA) is 93.2 Å². The lowest BCUT2D eigenvalue weighted by atomic mass is 9.78. The summed E-state index contributed by atoms with van der Waals surface area (Å²) in [5.41, 5.74) is 0.547. The van der Waals surface area contributed by atoms with Crippen LogP contribution in [0.4, 0.5) is 5.82 Å². The van der Waals surface area contributed by atoms with Crippen LogP contribution in [0.3, 0.4) is 0 Å². The summed E-state index contributed by atoms with van der Waals surface area (Å²) in [6.07, 6.45) is 2.33. The SMILES string of the molecule is CNC(=O)c1ccc(N2C[C@H]3C[C@@H](Oc4ccc5c(c4)OCO5)[C@H](O)C[C@H]3C2)nc1. The van der Waals surface area contributed by atoms with Gasteiger partial charge in [-0.2, -0.15) is 0 Å². The van der Waals surface area contributed by atoms with Gasteiger partial charge in [-0.25, -0.2) is 4.98 Å². The monoisotopic (exact) mass is 411 g/mol. The third kappa shape index (κ3) is 3.52. The molecule has 0 unspecified atom stereocenters. The minimum absolute atomic E-state index is 0.143. The highest BCUT2D eigenvalue weighted by Crippen LogP contribution is 2.41. The molecule has 1 aromatic carbocycles. The van der Waals surface area contributed by atoms with Gasteiger partial charge in [0.25, 0.3) is 5.91 Å². The van der Waals surface area contributed by atoms with E-state index in [0.29, 0.717) is 41.1 Å². The van der Waals surface area contributed by atoms with Gasteiger partial charge in [-0.05, 0) is 48.9 Å². The van der Waals surface area contributed by atoms with Crippen LogP contribution in [0, 0.1) is 11.8 Å². The molecule has 0 bridgehead atoms. The molecule has 2 fully saturated rings. The Labute approximate surface area is 174 Å². The van der Waals surface area contributed by atoms with Crippen molar-refractivity contribution in [3.05, 3.63) is 42.1 Å². The Hall–Kier alpha value is -3.00. The van der Waals surface area contributed by atoms with E-state index < -0.39 is 6.10 Å². The fraction of sp³-hybridized carbons (Fsp3) is 0.455. The molecule has 4 atom stereocenters. The maximum absolute atomic E-state index is 11.7. The van der Waals surface area contributed by atoms with Gasteiger partial charge in [-0.1, -0.05) is 0 Å². The number of carbonyl (C=O) groups excluding carboxylic acids is 1. The van der Waals surface area contributed by atoms with Crippen molar-refractivity contribution in [2.75, 3.05) is 31.8 Å². The van der Waals surface area contributed by atoms with Crippen molar-refractivity contribution in [3.8, 4) is 17.2 Å². The van der Waals surface area contributed by atoms with Gasteiger partial charge in [-0.3, -0.25) is 4.79 Å². The van der Waals surface area contributed by atoms with Crippen LogP contribution in [-0.2, 0) is 0 Å². The number of hydrogen-bond donors (Lipinski definition) is 2. The van der Waals surface area contributed by atoms with Crippen LogP contribution in [0.2, 0.25) is 0 Å². The molecule has 0 radical (unpaired) electrons. The number of nitrogens with zero attached hydrogens (tertiary/aromatic N) is 2. The first kappa shape index (κ1) is 19.0. The van der Waals surface area contributed by atoms with Crippen molar-refractivity contribution in [2.45, 2.75) is 25.0 Å². The summed E-state index contributed by atoms with van der Waals surface area (Å²) in [6, 6.07) is 9.19. The number of carbonyl (C=O) groups is 1. The fourth-order valence-electron chi connectivity index (χ4n) is 4.68. The van der Waals surface area contributed by atoms with E-state index in [1.165, 1.54) is 0 Å². The fourth-order valence-corrected chi connectivity index (χ4v) is 4.68. The Morgan fingerprint density at radius 1 is 1.17 bits per heavy atom. The molecule has 5 rings (SSSR count). The molecule has 2 aromatic rings. The maximum Gasteiger partial charge on any atom is 0.252 e. The quantitative estimate of drug-likeness (QED) is 0.793. The van der Waals surface area contributed by atoms with Gasteiger partial charge in [0.15, 0.2) is 11.5 Å². The van der Waals surface area contributed by atoms with Crippen LogP contribution in [0.1, 0.15) is 23.2 Å². The molecule has 30 heavy (non-hydrogen) atoms. The zero-order valence-electron chi connectivity index (χ0n) is 16.8. The molecule has 1 aromatic heterocycles. The van der Waals surface area contributed by atoms with Crippen LogP contribution >= 0.6 is 0 Å². The summed E-state index contributed by atoms with van der Waals surface area (Å²) < 4.78 is 16.9. The van der Waals surface area contributed by atoms with Crippen LogP contribution in [0.5, 0.6) is 17.2 Å². The van der Waals surface area contributed by atoms with Crippen molar-refractivity contribution >= 4 is 11.7 Å². The Kier molecular flexibility index (Phi) is 4.86. The molecule has 1 saturated carbocycles. The summed E-state index contributed by atoms with van der Waals surface area (Å²) in [5.74, 6) is 3.62. The van der Waals surface area contributed by atoms with E-state index in [-0.39, 0.29) is 18.8 Å². The minimum Gasteiger partial charge on any atom is -0.488 e. The van der Waals surface area contributed by atoms with Gasteiger partial charge in [-0.15, -0.1) is 0 Å². The highest BCUT2D eigenvalue weighted by molar-refractivity contribution is 5.93. The minimum atomic E-state index is -0.514. The largest absolute Gasteiger partial charge is 0.488 e. The third-order valence-corrected chi connectivity index (χ3v) is 6.28. The number of fused-ring (bicyclic) bond motifs is 2. The number of aromatic nitrogens is 1. The van der Waals surface area contributed by atoms with Crippen molar-refractivity contribution < 1.29 is 24.1 Å². The number of aliphatic hydroxyl groups is 1. The molecular formula is C22H25N3O5. The van der Waals surface area contributed by atoms with Crippen molar-refractivity contribution in [1.82, 2.24) is 10.3 Å². The Bertz CT molecular complexity index is 935. The lowest BCUT2D eigenvalue weighted by Crippen LogP contribution is -2.42. The van der Waals surface area contributed by atoms with Crippen LogP contribution in [0.25, 0.3) is 0 Å². The number of amides is 1. The molecule has 1 saturated heterocycles. The lowest BCUT2D eigenvalue weighted by Gasteiger charge is -2.35. The molecule has 3 heterocycles. The predicted octanol–water partition coefficient (Wildman–Crippen LogP) is 1.82. The highest BCUT2D eigenvalue weighted by atomic mass is 16.7. The normalized spacial score (nSPS) is 26.9. The van der Waals surface area contributed by atoms with Crippen LogP contribution < -0.4 is 24.4 Å². The lowest BCUT2D eigenvalue weighted by molar-refractivity contribution is -0.0232. The molecule has 2 N–H and O–H groups in total. The predicted molar refractivity (Wildman–Crippen MR) is 109 cm³/mol. The van der Waals surface area contributed by atoms with Gasteiger partial charge in [0, 0.05) is 32.4 Å². The van der Waals surface area contributed by atoms with Gasteiger partial charge in [0.2, 0.25) is 6.79 Å². The van der Waals surface area contributed by atoms with Crippen LogP contribution in [-0.4, -0.2) is 55.1 Å². The second kappa shape index (κ2) is 7.68. The Morgan fingerprint density at radius 2 is 1.97 bits per heavy atom. The Balaban J connectivity index is 1.24. The average Bonchev–Trinajstić information content (AvgIpc) is 3.39. The molecular weight excluding hydrogens is 386 g/mol. The van der Waals surface area contributed by atoms with E-state index in [4.69, 9.17) is 14.2 Å². The van der Waals surface area contributed by atoms with Crippen molar-refractivity contribution in [3.63, 3.8) is 0 Å². The summed E-state index contributed by atoms with van der Waals surface area (Å²) in [4.78, 5) is 18.4. The first-order valence-electron chi connectivity index (χ1n) is 10.3. The molecule has 158 valence electrons. The summed E-state index contributed by atoms with van der Waals surface area (Å²) >= 11 is 0. The maximum atomic E-state index is 11.7. The van der Waals surface area contributed by atoms with E-state index in [1.54, 1.807) is 19.3 Å². The summed E-state index contributed by atoms with van der Waals surface area (Å²) in [6.45, 7) is 1.94. The van der Waals surface area contributed by atoms with Gasteiger partial charge < -0.3 is 29.5 Å². The van der Waals surface area contributed by atoms with Gasteiger partial charge in [0.1, 0.15) is 17.7 Å². The summed E-state index contributed by atoms with van der Waals surface area (Å²) in [5, 5.41) is 13.3. The Morgan fingerprint density at radius 3 is 2.73 bits per heavy atom. The number of anilines is 1. The first-order chi connectivity index (χ1) is 14.6. The number of pyridine rings is 1. The number of rotatable bonds is 4. The molecule has 2 aliphatic heterocycles. The molecule has 1 aliphatic carbocycles. The van der Waals surface area contributed by atoms with E-state index in [9.17, 15) is 9.90 Å². The zero-order valence-corrected chi connectivity index (χ0v) is 16.8. The second-order valence-electron chi connectivity index (χ2n) is 8.12. The highest BCUT2D eigenvalue weighted by Gasteiger charge is 2.43. The van der Waals surface area contributed by atoms with E-state index in [0.717, 1.165) is 25.3 Å². The standard InChI is InChI=1S/C22H25N3O5/c1-23-22(27)13-2-5-21(24-9-13)25-10-14-6-17(26)19(7-15(14)11-25)30-16-3-4-18-20(8-16)29-12-28-18/h2-5,8-9,14-15,17,19,26H,6-7,10-12H2,1H3,(H,23,27)/t14-,15+,17+,19+/m0/s1. The molecule has 8 heteroatoms. The number of aliphatic hydroxyl groups excluding tert-OH is 1. The third-order valence-electron chi connectivity index (χ3n) is 6.28. The smallest absolute Gasteiger partial charge is 0.252 e. The zero-order chi connectivity index (χ0) is 20.7. The number of ether oxygens (including phenoxy) is 3. The van der Waals surface area contributed by atoms with Gasteiger partial charge >= 0.3 is 0 Å². The first-order valence-corrected chi connectivity index (χ1v) is 10.3. The van der Waals surface area contributed by atoms with E-state index in [2.05, 4.69) is 15.2 Å². The average molecular weight is 411 g/mol. The number of hydrogen-bond acceptors (Lipinski definition) is 7. The van der Waals surface area contributed by atoms with Crippen molar-refractivity contribution in [2.24, 2.45) is 11.8 Å². The molecule has 8 nitrogen and oxygen atoms in total. The van der Waals surface area contributed by atoms with E-state index >= 15 is 0 Å². The van der Waals surface area contributed by atoms with E-state index in [1.807, 2.05) is 24.3 Å². The van der Waals surface area contributed by atoms with Crippen LogP contribution in [0.15, 0.2) is 36.5 Å². The molecule has 0 spiro atoms. The molecule has 1 amide bonds. The molecule has 3 aliphatic rings. The van der Waals surface area contributed by atoms with Gasteiger partial charge in [0.05, 0.1) is 11.7 Å². The number of nitrogens with one attached hydrogen (secondary N) is 1.